The summed E-state index contributed by atoms with van der Waals surface area (Å²) in [5.74, 6) is 0.0457. The number of aromatic nitrogens is 3. The number of anilines is 2. The van der Waals surface area contributed by atoms with Crippen LogP contribution in [-0.2, 0) is 0 Å². The Bertz CT molecular complexity index is 1130. The fraction of sp³-hybridized carbons (Fsp3) is 0.304. The first-order valence-electron chi connectivity index (χ1n) is 10.4. The summed E-state index contributed by atoms with van der Waals surface area (Å²) in [7, 11) is 0. The van der Waals surface area contributed by atoms with E-state index in [0.717, 1.165) is 42.9 Å². The molecule has 0 unspecified atom stereocenters. The van der Waals surface area contributed by atoms with Crippen LogP contribution in [0.15, 0.2) is 47.9 Å². The minimum absolute atomic E-state index is 0.207. The minimum atomic E-state index is -0.272. The monoisotopic (exact) mass is 418 g/mol. The van der Waals surface area contributed by atoms with Crippen molar-refractivity contribution in [3.8, 4) is 0 Å². The van der Waals surface area contributed by atoms with Gasteiger partial charge in [0, 0.05) is 37.7 Å². The molecule has 3 aromatic rings. The molecule has 1 amide bonds. The second kappa shape index (κ2) is 9.09. The Morgan fingerprint density at radius 3 is 2.90 bits per heavy atom. The van der Waals surface area contributed by atoms with Crippen molar-refractivity contribution in [3.63, 3.8) is 0 Å². The third-order valence-corrected chi connectivity index (χ3v) is 5.65. The van der Waals surface area contributed by atoms with E-state index in [1.165, 1.54) is 6.20 Å². The Kier molecular flexibility index (Phi) is 6.08. The second-order valence-corrected chi connectivity index (χ2v) is 7.60. The molecule has 1 aromatic carbocycles. The average Bonchev–Trinajstić information content (AvgIpc) is 3.24. The summed E-state index contributed by atoms with van der Waals surface area (Å²) < 4.78 is 1.57. The number of nitrogens with one attached hydrogen (secondary N) is 1. The Hall–Kier alpha value is -3.52. The SMILES string of the molecule is C=Nc1cc(N2CCC(CO)CC2)c(NC(=O)c2cnn3cccnc23)cc1/C=C\C. The van der Waals surface area contributed by atoms with Crippen molar-refractivity contribution in [1.82, 2.24) is 14.6 Å². The Labute approximate surface area is 180 Å². The lowest BCUT2D eigenvalue weighted by Crippen LogP contribution is -2.35. The van der Waals surface area contributed by atoms with Crippen molar-refractivity contribution < 1.29 is 9.90 Å². The number of benzene rings is 1. The van der Waals surface area contributed by atoms with Crippen LogP contribution in [-0.4, -0.2) is 52.0 Å². The predicted octanol–water partition coefficient (Wildman–Crippen LogP) is 3.56. The van der Waals surface area contributed by atoms with Gasteiger partial charge in [-0.3, -0.25) is 9.79 Å². The van der Waals surface area contributed by atoms with E-state index in [2.05, 4.69) is 32.0 Å². The molecule has 160 valence electrons. The smallest absolute Gasteiger partial charge is 0.261 e. The van der Waals surface area contributed by atoms with Gasteiger partial charge in [0.2, 0.25) is 0 Å². The predicted molar refractivity (Wildman–Crippen MR) is 123 cm³/mol. The number of rotatable bonds is 6. The van der Waals surface area contributed by atoms with Gasteiger partial charge in [0.05, 0.1) is 23.3 Å². The zero-order chi connectivity index (χ0) is 21.8. The van der Waals surface area contributed by atoms with Crippen molar-refractivity contribution >= 4 is 41.4 Å². The Morgan fingerprint density at radius 1 is 1.39 bits per heavy atom. The molecular weight excluding hydrogens is 392 g/mol. The van der Waals surface area contributed by atoms with Crippen LogP contribution in [0.3, 0.4) is 0 Å². The van der Waals surface area contributed by atoms with E-state index in [1.54, 1.807) is 23.0 Å². The van der Waals surface area contributed by atoms with Gasteiger partial charge in [-0.2, -0.15) is 5.10 Å². The van der Waals surface area contributed by atoms with Crippen LogP contribution in [0.4, 0.5) is 17.1 Å². The molecule has 0 radical (unpaired) electrons. The number of allylic oxidation sites excluding steroid dienone is 1. The number of hydrogen-bond donors (Lipinski definition) is 2. The highest BCUT2D eigenvalue weighted by molar-refractivity contribution is 6.09. The fourth-order valence-corrected chi connectivity index (χ4v) is 3.94. The third-order valence-electron chi connectivity index (χ3n) is 5.65. The van der Waals surface area contributed by atoms with Gasteiger partial charge in [-0.25, -0.2) is 9.50 Å². The molecule has 0 aliphatic carbocycles. The van der Waals surface area contributed by atoms with E-state index in [1.807, 2.05) is 31.2 Å². The van der Waals surface area contributed by atoms with Gasteiger partial charge in [-0.15, -0.1) is 0 Å². The fourth-order valence-electron chi connectivity index (χ4n) is 3.94. The molecule has 0 saturated carbocycles. The molecule has 1 aliphatic heterocycles. The van der Waals surface area contributed by atoms with E-state index in [-0.39, 0.29) is 12.5 Å². The molecular formula is C23H26N6O2. The van der Waals surface area contributed by atoms with Crippen LogP contribution < -0.4 is 10.2 Å². The van der Waals surface area contributed by atoms with Gasteiger partial charge >= 0.3 is 0 Å². The van der Waals surface area contributed by atoms with E-state index >= 15 is 0 Å². The molecule has 8 heteroatoms. The number of nitrogens with zero attached hydrogens (tertiary/aromatic N) is 5. The standard InChI is InChI=1S/C23H26N6O2/c1-3-5-17-12-20(27-23(31)18-14-26-29-9-4-8-25-22(18)29)21(13-19(17)24-2)28-10-6-16(15-30)7-11-28/h3-5,8-9,12-14,16,30H,2,6-7,10-11,15H2,1H3,(H,27,31)/b5-3-. The second-order valence-electron chi connectivity index (χ2n) is 7.60. The quantitative estimate of drug-likeness (QED) is 0.597. The minimum Gasteiger partial charge on any atom is -0.396 e. The summed E-state index contributed by atoms with van der Waals surface area (Å²) in [6.07, 6.45) is 10.6. The van der Waals surface area contributed by atoms with Gasteiger partial charge < -0.3 is 15.3 Å². The van der Waals surface area contributed by atoms with Crippen LogP contribution in [0.2, 0.25) is 0 Å². The van der Waals surface area contributed by atoms with Gasteiger partial charge in [0.1, 0.15) is 5.56 Å². The molecule has 3 heterocycles. The number of carbonyl (C=O) groups excluding carboxylic acids is 1. The van der Waals surface area contributed by atoms with Crippen LogP contribution in [0.5, 0.6) is 0 Å². The summed E-state index contributed by atoms with van der Waals surface area (Å²) in [5, 5.41) is 16.7. The lowest BCUT2D eigenvalue weighted by molar-refractivity contribution is 0.102. The molecule has 2 aromatic heterocycles. The molecule has 0 bridgehead atoms. The molecule has 1 saturated heterocycles. The lowest BCUT2D eigenvalue weighted by atomic mass is 9.97. The Balaban J connectivity index is 1.71. The van der Waals surface area contributed by atoms with Gasteiger partial charge in [-0.1, -0.05) is 12.2 Å². The van der Waals surface area contributed by atoms with Gasteiger partial charge in [-0.05, 0) is 50.6 Å². The number of amides is 1. The van der Waals surface area contributed by atoms with Crippen LogP contribution in [0.1, 0.15) is 35.7 Å². The first-order valence-corrected chi connectivity index (χ1v) is 10.4. The number of carbonyl (C=O) groups is 1. The van der Waals surface area contributed by atoms with Gasteiger partial charge in [0.25, 0.3) is 5.91 Å². The summed E-state index contributed by atoms with van der Waals surface area (Å²) in [5.41, 5.74) is 4.13. The summed E-state index contributed by atoms with van der Waals surface area (Å²) >= 11 is 0. The molecule has 1 fully saturated rings. The van der Waals surface area contributed by atoms with Crippen molar-refractivity contribution in [2.75, 3.05) is 29.9 Å². The molecule has 1 aliphatic rings. The summed E-state index contributed by atoms with van der Waals surface area (Å²) in [4.78, 5) is 23.8. The molecule has 0 spiro atoms. The van der Waals surface area contributed by atoms with E-state index in [4.69, 9.17) is 0 Å². The van der Waals surface area contributed by atoms with E-state index in [0.29, 0.717) is 22.8 Å². The summed E-state index contributed by atoms with van der Waals surface area (Å²) in [6.45, 7) is 7.44. The first-order chi connectivity index (χ1) is 15.1. The zero-order valence-corrected chi connectivity index (χ0v) is 17.5. The maximum Gasteiger partial charge on any atom is 0.261 e. The zero-order valence-electron chi connectivity index (χ0n) is 17.5. The van der Waals surface area contributed by atoms with Crippen molar-refractivity contribution in [1.29, 1.82) is 0 Å². The molecule has 8 nitrogen and oxygen atoms in total. The highest BCUT2D eigenvalue weighted by Gasteiger charge is 2.23. The maximum atomic E-state index is 13.1. The largest absolute Gasteiger partial charge is 0.396 e. The molecule has 31 heavy (non-hydrogen) atoms. The molecule has 2 N–H and O–H groups in total. The van der Waals surface area contributed by atoms with E-state index in [9.17, 15) is 9.90 Å². The number of piperidine rings is 1. The van der Waals surface area contributed by atoms with Crippen LogP contribution in [0, 0.1) is 5.92 Å². The number of fused-ring (bicyclic) bond motifs is 1. The molecule has 4 rings (SSSR count). The maximum absolute atomic E-state index is 13.1. The van der Waals surface area contributed by atoms with Gasteiger partial charge in [0.15, 0.2) is 5.65 Å². The number of hydrogen-bond acceptors (Lipinski definition) is 6. The lowest BCUT2D eigenvalue weighted by Gasteiger charge is -2.34. The molecule has 0 atom stereocenters. The van der Waals surface area contributed by atoms with Crippen molar-refractivity contribution in [3.05, 3.63) is 54.0 Å². The normalized spacial score (nSPS) is 15.0. The third kappa shape index (κ3) is 4.20. The van der Waals surface area contributed by atoms with Crippen molar-refractivity contribution in [2.24, 2.45) is 10.9 Å². The van der Waals surface area contributed by atoms with Crippen molar-refractivity contribution in [2.45, 2.75) is 19.8 Å². The Morgan fingerprint density at radius 2 is 2.19 bits per heavy atom. The topological polar surface area (TPSA) is 95.1 Å². The number of aliphatic hydroxyl groups excluding tert-OH is 1. The van der Waals surface area contributed by atoms with Crippen LogP contribution >= 0.6 is 0 Å². The highest BCUT2D eigenvalue weighted by Crippen LogP contribution is 2.37. The highest BCUT2D eigenvalue weighted by atomic mass is 16.3. The average molecular weight is 419 g/mol. The number of aliphatic hydroxyl groups is 1. The number of aliphatic imine (C=N–C) groups is 1. The van der Waals surface area contributed by atoms with E-state index < -0.39 is 0 Å². The first kappa shape index (κ1) is 20.7. The summed E-state index contributed by atoms with van der Waals surface area (Å²) in [6, 6.07) is 5.65. The van der Waals surface area contributed by atoms with Crippen LogP contribution in [0.25, 0.3) is 11.7 Å².